The zero-order chi connectivity index (χ0) is 22.7. The maximum absolute atomic E-state index is 14.5. The highest BCUT2D eigenvalue weighted by Crippen LogP contribution is 2.28. The molecule has 4 aromatic rings. The quantitative estimate of drug-likeness (QED) is 0.290. The molecule has 10 heteroatoms. The summed E-state index contributed by atoms with van der Waals surface area (Å²) in [5.74, 6) is 2.41. The Morgan fingerprint density at radius 1 is 0.969 bits per heavy atom. The van der Waals surface area contributed by atoms with Gasteiger partial charge in [0, 0.05) is 23.5 Å². The fraction of sp³-hybridized carbons (Fsp3) is 0. The molecule has 2 heterocycles. The number of benzene rings is 2. The van der Waals surface area contributed by atoms with Crippen molar-refractivity contribution in [1.82, 2.24) is 20.0 Å². The SMILES string of the molecule is C=C(N=C(ON)c1nnn(-c2ccccc2F)c1-c1ccncc1)c1cccc(F)c1F. The number of para-hydroxylation sites is 1. The van der Waals surface area contributed by atoms with Crippen molar-refractivity contribution >= 4 is 11.6 Å². The lowest BCUT2D eigenvalue weighted by atomic mass is 10.1. The highest BCUT2D eigenvalue weighted by atomic mass is 19.2. The largest absolute Gasteiger partial charge is 0.389 e. The van der Waals surface area contributed by atoms with Crippen molar-refractivity contribution in [3.63, 3.8) is 0 Å². The summed E-state index contributed by atoms with van der Waals surface area (Å²) >= 11 is 0. The summed E-state index contributed by atoms with van der Waals surface area (Å²) in [4.78, 5) is 13.0. The second-order valence-electron chi connectivity index (χ2n) is 6.47. The number of hydrogen-bond donors (Lipinski definition) is 1. The summed E-state index contributed by atoms with van der Waals surface area (Å²) in [7, 11) is 0. The van der Waals surface area contributed by atoms with E-state index in [-0.39, 0.29) is 34.2 Å². The zero-order valence-electron chi connectivity index (χ0n) is 16.4. The maximum Gasteiger partial charge on any atom is 0.268 e. The molecule has 0 bridgehead atoms. The molecule has 2 aromatic carbocycles. The minimum absolute atomic E-state index is 0.0277. The second-order valence-corrected chi connectivity index (χ2v) is 6.47. The second kappa shape index (κ2) is 8.82. The first-order valence-electron chi connectivity index (χ1n) is 9.21. The van der Waals surface area contributed by atoms with Gasteiger partial charge in [0.25, 0.3) is 5.90 Å². The van der Waals surface area contributed by atoms with E-state index in [9.17, 15) is 13.2 Å². The Morgan fingerprint density at radius 2 is 1.69 bits per heavy atom. The molecule has 0 saturated carbocycles. The molecular weight excluding hydrogens is 421 g/mol. The van der Waals surface area contributed by atoms with Gasteiger partial charge in [-0.3, -0.25) is 4.98 Å². The first-order chi connectivity index (χ1) is 15.5. The molecule has 0 aliphatic rings. The van der Waals surface area contributed by atoms with Crippen LogP contribution in [-0.2, 0) is 4.84 Å². The van der Waals surface area contributed by atoms with Crippen LogP contribution < -0.4 is 5.90 Å². The standard InChI is InChI=1S/C22H15F3N6O/c1-13(15-5-4-7-17(24)19(15)25)28-22(32-26)20-21(14-9-11-27-12-10-14)31(30-29-20)18-8-3-2-6-16(18)23/h2-12H,1,26H2. The fourth-order valence-electron chi connectivity index (χ4n) is 3.03. The lowest BCUT2D eigenvalue weighted by Crippen LogP contribution is -2.14. The third-order valence-corrected chi connectivity index (χ3v) is 4.52. The van der Waals surface area contributed by atoms with E-state index in [2.05, 4.69) is 26.9 Å². The van der Waals surface area contributed by atoms with Crippen molar-refractivity contribution in [2.45, 2.75) is 0 Å². The van der Waals surface area contributed by atoms with Gasteiger partial charge in [-0.15, -0.1) is 5.10 Å². The van der Waals surface area contributed by atoms with Crippen LogP contribution in [0.15, 0.2) is 78.6 Å². The van der Waals surface area contributed by atoms with Gasteiger partial charge in [0.15, 0.2) is 17.3 Å². The molecule has 0 atom stereocenters. The molecular formula is C22H15F3N6O. The molecule has 4 rings (SSSR count). The fourth-order valence-corrected chi connectivity index (χ4v) is 3.03. The van der Waals surface area contributed by atoms with E-state index in [1.54, 1.807) is 18.2 Å². The minimum atomic E-state index is -1.12. The van der Waals surface area contributed by atoms with Crippen molar-refractivity contribution < 1.29 is 18.0 Å². The minimum Gasteiger partial charge on any atom is -0.389 e. The van der Waals surface area contributed by atoms with Crippen LogP contribution >= 0.6 is 0 Å². The van der Waals surface area contributed by atoms with Gasteiger partial charge in [0.1, 0.15) is 17.2 Å². The van der Waals surface area contributed by atoms with Gasteiger partial charge in [0.2, 0.25) is 0 Å². The molecule has 160 valence electrons. The summed E-state index contributed by atoms with van der Waals surface area (Å²) in [6, 6.07) is 12.8. The van der Waals surface area contributed by atoms with E-state index in [0.29, 0.717) is 5.56 Å². The highest BCUT2D eigenvalue weighted by Gasteiger charge is 2.24. The van der Waals surface area contributed by atoms with Crippen molar-refractivity contribution in [3.05, 3.63) is 102 Å². The van der Waals surface area contributed by atoms with Crippen molar-refractivity contribution in [3.8, 4) is 16.9 Å². The number of rotatable bonds is 5. The molecule has 0 aliphatic heterocycles. The number of aromatic nitrogens is 4. The van der Waals surface area contributed by atoms with Crippen LogP contribution in [0.4, 0.5) is 13.2 Å². The van der Waals surface area contributed by atoms with Gasteiger partial charge in [0.05, 0.1) is 5.70 Å². The molecule has 0 radical (unpaired) electrons. The van der Waals surface area contributed by atoms with Crippen LogP contribution in [0.1, 0.15) is 11.3 Å². The molecule has 0 saturated heterocycles. The molecule has 0 unspecified atom stereocenters. The maximum atomic E-state index is 14.5. The lowest BCUT2D eigenvalue weighted by Gasteiger charge is -2.10. The van der Waals surface area contributed by atoms with E-state index in [1.807, 2.05) is 0 Å². The van der Waals surface area contributed by atoms with E-state index >= 15 is 0 Å². The Labute approximate surface area is 180 Å². The molecule has 0 fully saturated rings. The molecule has 0 spiro atoms. The van der Waals surface area contributed by atoms with E-state index in [0.717, 1.165) is 6.07 Å². The smallest absolute Gasteiger partial charge is 0.268 e. The number of aliphatic imine (C=N–C) groups is 1. The number of pyridine rings is 1. The Kier molecular flexibility index (Phi) is 5.77. The van der Waals surface area contributed by atoms with E-state index in [4.69, 9.17) is 10.7 Å². The summed E-state index contributed by atoms with van der Waals surface area (Å²) < 4.78 is 43.5. The molecule has 0 amide bonds. The summed E-state index contributed by atoms with van der Waals surface area (Å²) in [5.41, 5.74) is 0.629. The molecule has 7 nitrogen and oxygen atoms in total. The number of nitrogens with two attached hydrogens (primary N) is 1. The lowest BCUT2D eigenvalue weighted by molar-refractivity contribution is 0.321. The van der Waals surface area contributed by atoms with Gasteiger partial charge < -0.3 is 4.84 Å². The van der Waals surface area contributed by atoms with Gasteiger partial charge in [-0.25, -0.2) is 22.8 Å². The number of hydrogen-bond acceptors (Lipinski definition) is 6. The summed E-state index contributed by atoms with van der Waals surface area (Å²) in [5, 5.41) is 8.08. The van der Waals surface area contributed by atoms with Crippen molar-refractivity contribution in [1.29, 1.82) is 0 Å². The first-order valence-corrected chi connectivity index (χ1v) is 9.21. The number of nitrogens with zero attached hydrogens (tertiary/aromatic N) is 5. The topological polar surface area (TPSA) is 91.2 Å². The van der Waals surface area contributed by atoms with Gasteiger partial charge >= 0.3 is 0 Å². The number of halogens is 3. The van der Waals surface area contributed by atoms with Crippen molar-refractivity contribution in [2.75, 3.05) is 0 Å². The van der Waals surface area contributed by atoms with Crippen LogP contribution in [0.3, 0.4) is 0 Å². The molecule has 32 heavy (non-hydrogen) atoms. The van der Waals surface area contributed by atoms with Gasteiger partial charge in [-0.2, -0.15) is 5.90 Å². The summed E-state index contributed by atoms with van der Waals surface area (Å²) in [6.45, 7) is 3.67. The third kappa shape index (κ3) is 3.86. The van der Waals surface area contributed by atoms with Crippen LogP contribution in [0.25, 0.3) is 22.6 Å². The Bertz CT molecular complexity index is 1320. The van der Waals surface area contributed by atoms with E-state index < -0.39 is 17.5 Å². The average Bonchev–Trinajstić information content (AvgIpc) is 3.24. The van der Waals surface area contributed by atoms with Crippen LogP contribution in [-0.4, -0.2) is 25.9 Å². The van der Waals surface area contributed by atoms with Crippen LogP contribution in [0.2, 0.25) is 0 Å². The first kappa shape index (κ1) is 20.9. The normalized spacial score (nSPS) is 11.4. The van der Waals surface area contributed by atoms with Crippen LogP contribution in [0.5, 0.6) is 0 Å². The Hall–Kier alpha value is -4.31. The van der Waals surface area contributed by atoms with Crippen molar-refractivity contribution in [2.24, 2.45) is 10.9 Å². The highest BCUT2D eigenvalue weighted by molar-refractivity contribution is 6.00. The predicted molar refractivity (Wildman–Crippen MR) is 112 cm³/mol. The van der Waals surface area contributed by atoms with E-state index in [1.165, 1.54) is 47.4 Å². The predicted octanol–water partition coefficient (Wildman–Crippen LogP) is 4.05. The Morgan fingerprint density at radius 3 is 2.41 bits per heavy atom. The molecule has 2 N–H and O–H groups in total. The van der Waals surface area contributed by atoms with Gasteiger partial charge in [-0.05, 0) is 36.4 Å². The van der Waals surface area contributed by atoms with Crippen LogP contribution in [0, 0.1) is 17.5 Å². The monoisotopic (exact) mass is 436 g/mol. The third-order valence-electron chi connectivity index (χ3n) is 4.52. The molecule has 0 aliphatic carbocycles. The summed E-state index contributed by atoms with van der Waals surface area (Å²) in [6.07, 6.45) is 3.05. The average molecular weight is 436 g/mol. The Balaban J connectivity index is 1.89. The van der Waals surface area contributed by atoms with Gasteiger partial charge in [-0.1, -0.05) is 30.0 Å². The zero-order valence-corrected chi connectivity index (χ0v) is 16.4. The molecule has 2 aromatic heterocycles.